The van der Waals surface area contributed by atoms with Crippen LogP contribution in [-0.2, 0) is 12.8 Å². The Balaban J connectivity index is 1.53. The van der Waals surface area contributed by atoms with Gasteiger partial charge in [0.2, 0.25) is 11.8 Å². The number of hydrogen-bond donors (Lipinski definition) is 0. The molecule has 0 bridgehead atoms. The van der Waals surface area contributed by atoms with Crippen molar-refractivity contribution in [3.05, 3.63) is 36.0 Å². The van der Waals surface area contributed by atoms with E-state index < -0.39 is 0 Å². The molecular formula is C14H14N4OS. The van der Waals surface area contributed by atoms with Crippen LogP contribution in [0.25, 0.3) is 11.0 Å². The summed E-state index contributed by atoms with van der Waals surface area (Å²) >= 11 is 1.63. The third-order valence-corrected chi connectivity index (χ3v) is 4.49. The molecule has 3 aromatic rings. The number of para-hydroxylation sites is 2. The van der Waals surface area contributed by atoms with Crippen LogP contribution >= 0.6 is 11.8 Å². The highest BCUT2D eigenvalue weighted by atomic mass is 32.2. The number of imidazole rings is 1. The number of benzene rings is 1. The van der Waals surface area contributed by atoms with Gasteiger partial charge in [-0.2, -0.15) is 0 Å². The Hall–Kier alpha value is -1.82. The van der Waals surface area contributed by atoms with E-state index in [1.165, 1.54) is 12.8 Å². The third kappa shape index (κ3) is 2.10. The topological polar surface area (TPSA) is 56.7 Å². The highest BCUT2D eigenvalue weighted by Crippen LogP contribution is 2.39. The van der Waals surface area contributed by atoms with Crippen LogP contribution in [0.15, 0.2) is 33.8 Å². The number of aromatic nitrogens is 4. The molecule has 4 rings (SSSR count). The first-order chi connectivity index (χ1) is 9.81. The van der Waals surface area contributed by atoms with Crippen LogP contribution in [0.4, 0.5) is 0 Å². The molecule has 1 aliphatic carbocycles. The Kier molecular flexibility index (Phi) is 2.77. The molecule has 1 fully saturated rings. The van der Waals surface area contributed by atoms with Gasteiger partial charge in [0.05, 0.1) is 16.8 Å². The van der Waals surface area contributed by atoms with Gasteiger partial charge in [0.15, 0.2) is 5.16 Å². The summed E-state index contributed by atoms with van der Waals surface area (Å²) in [7, 11) is 2.03. The van der Waals surface area contributed by atoms with E-state index in [2.05, 4.69) is 25.8 Å². The van der Waals surface area contributed by atoms with E-state index in [4.69, 9.17) is 4.42 Å². The van der Waals surface area contributed by atoms with Gasteiger partial charge in [-0.15, -0.1) is 10.2 Å². The van der Waals surface area contributed by atoms with Gasteiger partial charge >= 0.3 is 0 Å². The van der Waals surface area contributed by atoms with Crippen LogP contribution in [0, 0.1) is 0 Å². The van der Waals surface area contributed by atoms with Gasteiger partial charge in [-0.05, 0) is 25.0 Å². The largest absolute Gasteiger partial charge is 0.424 e. The third-order valence-electron chi connectivity index (χ3n) is 3.48. The smallest absolute Gasteiger partial charge is 0.226 e. The van der Waals surface area contributed by atoms with Crippen LogP contribution in [0.2, 0.25) is 0 Å². The maximum absolute atomic E-state index is 5.66. The van der Waals surface area contributed by atoms with Crippen LogP contribution < -0.4 is 0 Å². The summed E-state index contributed by atoms with van der Waals surface area (Å²) in [5.41, 5.74) is 2.15. The second-order valence-electron chi connectivity index (χ2n) is 5.04. The van der Waals surface area contributed by atoms with Crippen LogP contribution in [-0.4, -0.2) is 19.7 Å². The lowest BCUT2D eigenvalue weighted by molar-refractivity contribution is 0.466. The molecule has 0 atom stereocenters. The van der Waals surface area contributed by atoms with Crippen molar-refractivity contribution in [3.8, 4) is 0 Å². The molecule has 0 unspecified atom stereocenters. The van der Waals surface area contributed by atoms with Gasteiger partial charge in [-0.25, -0.2) is 4.98 Å². The summed E-state index contributed by atoms with van der Waals surface area (Å²) in [6.45, 7) is 0. The Bertz CT molecular complexity index is 759. The molecule has 0 spiro atoms. The normalized spacial score (nSPS) is 15.1. The predicted molar refractivity (Wildman–Crippen MR) is 76.5 cm³/mol. The van der Waals surface area contributed by atoms with Gasteiger partial charge in [0.25, 0.3) is 0 Å². The van der Waals surface area contributed by atoms with Crippen molar-refractivity contribution in [2.24, 2.45) is 7.05 Å². The Morgan fingerprint density at radius 3 is 2.95 bits per heavy atom. The number of rotatable bonds is 4. The van der Waals surface area contributed by atoms with Crippen molar-refractivity contribution in [2.75, 3.05) is 0 Å². The van der Waals surface area contributed by atoms with E-state index in [-0.39, 0.29) is 0 Å². The molecule has 2 heterocycles. The molecule has 0 amide bonds. The monoisotopic (exact) mass is 286 g/mol. The Labute approximate surface area is 120 Å². The first kappa shape index (κ1) is 12.0. The van der Waals surface area contributed by atoms with E-state index in [1.54, 1.807) is 11.8 Å². The fraction of sp³-hybridized carbons (Fsp3) is 0.357. The summed E-state index contributed by atoms with van der Waals surface area (Å²) in [6, 6.07) is 8.13. The standard InChI is InChI=1S/C14H14N4OS/c1-18-11-5-3-2-4-10(11)15-14(18)20-8-12-16-17-13(19-12)9-6-7-9/h2-5,9H,6-8H2,1H3. The number of aryl methyl sites for hydroxylation is 1. The predicted octanol–water partition coefficient (Wildman–Crippen LogP) is 3.13. The van der Waals surface area contributed by atoms with Gasteiger partial charge in [0.1, 0.15) is 0 Å². The zero-order valence-electron chi connectivity index (χ0n) is 11.1. The van der Waals surface area contributed by atoms with E-state index in [0.29, 0.717) is 17.6 Å². The van der Waals surface area contributed by atoms with Gasteiger partial charge < -0.3 is 8.98 Å². The number of fused-ring (bicyclic) bond motifs is 1. The van der Waals surface area contributed by atoms with Crippen LogP contribution in [0.3, 0.4) is 0 Å². The maximum atomic E-state index is 5.66. The molecular weight excluding hydrogens is 272 g/mol. The van der Waals surface area contributed by atoms with E-state index >= 15 is 0 Å². The average Bonchev–Trinajstić information content (AvgIpc) is 3.13. The molecule has 0 saturated heterocycles. The fourth-order valence-electron chi connectivity index (χ4n) is 2.20. The summed E-state index contributed by atoms with van der Waals surface area (Å²) < 4.78 is 7.76. The lowest BCUT2D eigenvalue weighted by Gasteiger charge is -1.99. The van der Waals surface area contributed by atoms with E-state index in [9.17, 15) is 0 Å². The van der Waals surface area contributed by atoms with E-state index in [1.807, 2.05) is 25.2 Å². The first-order valence-corrected chi connectivity index (χ1v) is 7.66. The van der Waals surface area contributed by atoms with Crippen molar-refractivity contribution in [1.29, 1.82) is 0 Å². The van der Waals surface area contributed by atoms with Crippen molar-refractivity contribution >= 4 is 22.8 Å². The fourth-order valence-corrected chi connectivity index (χ4v) is 3.02. The summed E-state index contributed by atoms with van der Waals surface area (Å²) in [5, 5.41) is 9.17. The van der Waals surface area contributed by atoms with Gasteiger partial charge in [-0.1, -0.05) is 23.9 Å². The lowest BCUT2D eigenvalue weighted by atomic mass is 10.3. The lowest BCUT2D eigenvalue weighted by Crippen LogP contribution is -1.91. The number of hydrogen-bond acceptors (Lipinski definition) is 5. The molecule has 6 heteroatoms. The summed E-state index contributed by atoms with van der Waals surface area (Å²) in [4.78, 5) is 4.62. The second kappa shape index (κ2) is 4.63. The Morgan fingerprint density at radius 1 is 1.30 bits per heavy atom. The van der Waals surface area contributed by atoms with Crippen LogP contribution in [0.5, 0.6) is 0 Å². The highest BCUT2D eigenvalue weighted by Gasteiger charge is 2.29. The summed E-state index contributed by atoms with van der Waals surface area (Å²) in [6.07, 6.45) is 2.36. The SMILES string of the molecule is Cn1c(SCc2nnc(C3CC3)o2)nc2ccccc21. The molecule has 0 N–H and O–H groups in total. The Morgan fingerprint density at radius 2 is 2.15 bits per heavy atom. The zero-order valence-corrected chi connectivity index (χ0v) is 11.9. The zero-order chi connectivity index (χ0) is 13.5. The minimum atomic E-state index is 0.511. The van der Waals surface area contributed by atoms with Gasteiger partial charge in [-0.3, -0.25) is 0 Å². The molecule has 5 nitrogen and oxygen atoms in total. The number of nitrogens with zero attached hydrogens (tertiary/aromatic N) is 4. The molecule has 1 saturated carbocycles. The molecule has 1 aliphatic rings. The molecule has 102 valence electrons. The van der Waals surface area contributed by atoms with Crippen molar-refractivity contribution in [3.63, 3.8) is 0 Å². The molecule has 1 aromatic carbocycles. The molecule has 2 aromatic heterocycles. The quantitative estimate of drug-likeness (QED) is 0.690. The van der Waals surface area contributed by atoms with Crippen molar-refractivity contribution < 1.29 is 4.42 Å². The van der Waals surface area contributed by atoms with Gasteiger partial charge in [0, 0.05) is 13.0 Å². The second-order valence-corrected chi connectivity index (χ2v) is 5.98. The van der Waals surface area contributed by atoms with Crippen LogP contribution in [0.1, 0.15) is 30.5 Å². The molecule has 0 radical (unpaired) electrons. The van der Waals surface area contributed by atoms with E-state index in [0.717, 1.165) is 22.1 Å². The first-order valence-electron chi connectivity index (χ1n) is 6.68. The maximum Gasteiger partial charge on any atom is 0.226 e. The number of thioether (sulfide) groups is 1. The van der Waals surface area contributed by atoms with Crippen molar-refractivity contribution in [1.82, 2.24) is 19.7 Å². The molecule has 20 heavy (non-hydrogen) atoms. The van der Waals surface area contributed by atoms with Crippen molar-refractivity contribution in [2.45, 2.75) is 29.7 Å². The minimum Gasteiger partial charge on any atom is -0.424 e. The summed E-state index contributed by atoms with van der Waals surface area (Å²) in [5.74, 6) is 2.66. The molecule has 0 aliphatic heterocycles. The average molecular weight is 286 g/mol. The minimum absolute atomic E-state index is 0.511. The highest BCUT2D eigenvalue weighted by molar-refractivity contribution is 7.98.